The van der Waals surface area contributed by atoms with Crippen molar-refractivity contribution >= 4 is 11.6 Å². The van der Waals surface area contributed by atoms with Gasteiger partial charge in [-0.2, -0.15) is 0 Å². The smallest absolute Gasteiger partial charge is 0.115 e. The summed E-state index contributed by atoms with van der Waals surface area (Å²) >= 11 is 0. The lowest BCUT2D eigenvalue weighted by molar-refractivity contribution is 0.475. The van der Waals surface area contributed by atoms with E-state index in [1.807, 2.05) is 48.5 Å². The molecule has 0 aliphatic heterocycles. The lowest BCUT2D eigenvalue weighted by atomic mass is 9.96. The number of phenolic OH excluding ortho intramolecular Hbond substituents is 1. The van der Waals surface area contributed by atoms with Crippen LogP contribution in [0.4, 0.5) is 0 Å². The molecule has 0 atom stereocenters. The summed E-state index contributed by atoms with van der Waals surface area (Å²) in [7, 11) is 0. The summed E-state index contributed by atoms with van der Waals surface area (Å²) in [5, 5.41) is 9.48. The third-order valence-corrected chi connectivity index (χ3v) is 3.37. The Labute approximate surface area is 124 Å². The highest BCUT2D eigenvalue weighted by Crippen LogP contribution is 2.27. The molecule has 1 nitrogen and oxygen atoms in total. The molecule has 3 aromatic carbocycles. The highest BCUT2D eigenvalue weighted by molar-refractivity contribution is 5.91. The van der Waals surface area contributed by atoms with E-state index in [0.29, 0.717) is 0 Å². The van der Waals surface area contributed by atoms with Crippen LogP contribution in [-0.2, 0) is 0 Å². The first-order valence-electron chi connectivity index (χ1n) is 6.94. The minimum Gasteiger partial charge on any atom is -0.508 e. The maximum absolute atomic E-state index is 9.48. The van der Waals surface area contributed by atoms with Gasteiger partial charge in [0.25, 0.3) is 0 Å². The van der Waals surface area contributed by atoms with E-state index in [1.54, 1.807) is 12.1 Å². The molecular formula is C20H16O. The lowest BCUT2D eigenvalue weighted by Crippen LogP contribution is -1.88. The fourth-order valence-electron chi connectivity index (χ4n) is 2.31. The van der Waals surface area contributed by atoms with E-state index in [9.17, 15) is 5.11 Å². The number of aromatic hydroxyl groups is 1. The second-order valence-electron chi connectivity index (χ2n) is 4.88. The van der Waals surface area contributed by atoms with E-state index >= 15 is 0 Å². The molecule has 0 fully saturated rings. The molecule has 3 aromatic rings. The van der Waals surface area contributed by atoms with Crippen LogP contribution in [0.3, 0.4) is 0 Å². The Kier molecular flexibility index (Phi) is 3.83. The Morgan fingerprint density at radius 1 is 0.619 bits per heavy atom. The van der Waals surface area contributed by atoms with E-state index in [-0.39, 0.29) is 5.75 Å². The van der Waals surface area contributed by atoms with Crippen molar-refractivity contribution in [1.29, 1.82) is 0 Å². The highest BCUT2D eigenvalue weighted by atomic mass is 16.3. The first-order chi connectivity index (χ1) is 10.3. The normalized spacial score (nSPS) is 11.3. The van der Waals surface area contributed by atoms with Crippen molar-refractivity contribution in [3.63, 3.8) is 0 Å². The topological polar surface area (TPSA) is 20.2 Å². The van der Waals surface area contributed by atoms with Gasteiger partial charge in [-0.25, -0.2) is 0 Å². The molecule has 0 bridgehead atoms. The SMILES string of the molecule is Oc1ccc(/C(=C\c2ccccc2)c2ccccc2)cc1. The second kappa shape index (κ2) is 6.10. The molecule has 21 heavy (non-hydrogen) atoms. The fraction of sp³-hybridized carbons (Fsp3) is 0. The molecule has 0 heterocycles. The van der Waals surface area contributed by atoms with E-state index in [1.165, 1.54) is 0 Å². The van der Waals surface area contributed by atoms with Crippen LogP contribution < -0.4 is 0 Å². The van der Waals surface area contributed by atoms with Crippen molar-refractivity contribution in [3.05, 3.63) is 102 Å². The van der Waals surface area contributed by atoms with Gasteiger partial charge in [0.15, 0.2) is 0 Å². The van der Waals surface area contributed by atoms with E-state index in [0.717, 1.165) is 22.3 Å². The Morgan fingerprint density at radius 3 is 1.76 bits per heavy atom. The van der Waals surface area contributed by atoms with Gasteiger partial charge < -0.3 is 5.11 Å². The summed E-state index contributed by atoms with van der Waals surface area (Å²) < 4.78 is 0. The average molecular weight is 272 g/mol. The van der Waals surface area contributed by atoms with Crippen molar-refractivity contribution in [1.82, 2.24) is 0 Å². The van der Waals surface area contributed by atoms with Gasteiger partial charge in [0.2, 0.25) is 0 Å². The summed E-state index contributed by atoms with van der Waals surface area (Å²) in [5.74, 6) is 0.283. The van der Waals surface area contributed by atoms with E-state index in [4.69, 9.17) is 0 Å². The first kappa shape index (κ1) is 13.2. The summed E-state index contributed by atoms with van der Waals surface area (Å²) in [6, 6.07) is 27.9. The molecule has 0 aliphatic carbocycles. The zero-order valence-electron chi connectivity index (χ0n) is 11.6. The molecule has 0 spiro atoms. The van der Waals surface area contributed by atoms with Crippen molar-refractivity contribution in [2.75, 3.05) is 0 Å². The molecule has 0 saturated heterocycles. The summed E-state index contributed by atoms with van der Waals surface area (Å²) in [5.41, 5.74) is 4.54. The Hall–Kier alpha value is -2.80. The number of phenols is 1. The molecule has 0 amide bonds. The van der Waals surface area contributed by atoms with Gasteiger partial charge >= 0.3 is 0 Å². The van der Waals surface area contributed by atoms with Gasteiger partial charge in [-0.05, 0) is 40.5 Å². The molecule has 3 rings (SSSR count). The lowest BCUT2D eigenvalue weighted by Gasteiger charge is -2.09. The maximum atomic E-state index is 9.48. The third-order valence-electron chi connectivity index (χ3n) is 3.37. The highest BCUT2D eigenvalue weighted by Gasteiger charge is 2.05. The van der Waals surface area contributed by atoms with Crippen molar-refractivity contribution in [2.45, 2.75) is 0 Å². The van der Waals surface area contributed by atoms with Crippen molar-refractivity contribution < 1.29 is 5.11 Å². The number of rotatable bonds is 3. The van der Waals surface area contributed by atoms with Crippen LogP contribution >= 0.6 is 0 Å². The maximum Gasteiger partial charge on any atom is 0.115 e. The molecule has 0 radical (unpaired) electrons. The largest absolute Gasteiger partial charge is 0.508 e. The summed E-state index contributed by atoms with van der Waals surface area (Å²) in [6.45, 7) is 0. The number of hydrogen-bond donors (Lipinski definition) is 1. The standard InChI is InChI=1S/C20H16O/c21-19-13-11-18(12-14-19)20(17-9-5-2-6-10-17)15-16-7-3-1-4-8-16/h1-15,21H/b20-15-. The molecule has 0 unspecified atom stereocenters. The zero-order valence-corrected chi connectivity index (χ0v) is 11.6. The first-order valence-corrected chi connectivity index (χ1v) is 6.94. The molecule has 0 saturated carbocycles. The molecule has 0 aromatic heterocycles. The van der Waals surface area contributed by atoms with Crippen molar-refractivity contribution in [3.8, 4) is 5.75 Å². The van der Waals surface area contributed by atoms with Crippen LogP contribution in [0.1, 0.15) is 16.7 Å². The predicted octanol–water partition coefficient (Wildman–Crippen LogP) is 4.98. The second-order valence-corrected chi connectivity index (χ2v) is 4.88. The van der Waals surface area contributed by atoms with Gasteiger partial charge in [-0.15, -0.1) is 0 Å². The molecule has 102 valence electrons. The van der Waals surface area contributed by atoms with Crippen molar-refractivity contribution in [2.24, 2.45) is 0 Å². The van der Waals surface area contributed by atoms with E-state index < -0.39 is 0 Å². The Bertz CT molecular complexity index is 726. The minimum atomic E-state index is 0.283. The third kappa shape index (κ3) is 3.21. The monoisotopic (exact) mass is 272 g/mol. The van der Waals surface area contributed by atoms with Gasteiger partial charge in [0.05, 0.1) is 0 Å². The van der Waals surface area contributed by atoms with Crippen LogP contribution in [0.25, 0.3) is 11.6 Å². The Morgan fingerprint density at radius 2 is 1.14 bits per heavy atom. The van der Waals surface area contributed by atoms with Crippen LogP contribution in [0, 0.1) is 0 Å². The van der Waals surface area contributed by atoms with Crippen LogP contribution in [0.15, 0.2) is 84.9 Å². The zero-order chi connectivity index (χ0) is 14.5. The quantitative estimate of drug-likeness (QED) is 0.667. The summed E-state index contributed by atoms with van der Waals surface area (Å²) in [4.78, 5) is 0. The molecular weight excluding hydrogens is 256 g/mol. The fourth-order valence-corrected chi connectivity index (χ4v) is 2.31. The number of hydrogen-bond acceptors (Lipinski definition) is 1. The average Bonchev–Trinajstić information content (AvgIpc) is 2.55. The molecule has 1 N–H and O–H groups in total. The van der Waals surface area contributed by atoms with Gasteiger partial charge in [0.1, 0.15) is 5.75 Å². The van der Waals surface area contributed by atoms with Crippen LogP contribution in [-0.4, -0.2) is 5.11 Å². The minimum absolute atomic E-state index is 0.283. The number of benzene rings is 3. The van der Waals surface area contributed by atoms with Gasteiger partial charge in [0, 0.05) is 0 Å². The van der Waals surface area contributed by atoms with Crippen LogP contribution in [0.5, 0.6) is 5.75 Å². The van der Waals surface area contributed by atoms with Crippen LogP contribution in [0.2, 0.25) is 0 Å². The molecule has 1 heteroatoms. The predicted molar refractivity (Wildman–Crippen MR) is 88.0 cm³/mol. The Balaban J connectivity index is 2.12. The summed E-state index contributed by atoms with van der Waals surface area (Å²) in [6.07, 6.45) is 2.17. The molecule has 0 aliphatic rings. The van der Waals surface area contributed by atoms with E-state index in [2.05, 4.69) is 30.3 Å². The van der Waals surface area contributed by atoms with Gasteiger partial charge in [-0.3, -0.25) is 0 Å². The van der Waals surface area contributed by atoms with Gasteiger partial charge in [-0.1, -0.05) is 72.8 Å².